The molecule has 0 saturated heterocycles. The van der Waals surface area contributed by atoms with E-state index < -0.39 is 5.82 Å². The van der Waals surface area contributed by atoms with Crippen molar-refractivity contribution in [2.75, 3.05) is 11.9 Å². The lowest BCUT2D eigenvalue weighted by atomic mass is 10.2. The van der Waals surface area contributed by atoms with Crippen molar-refractivity contribution >= 4 is 27.5 Å². The summed E-state index contributed by atoms with van der Waals surface area (Å²) in [5.41, 5.74) is 0.459. The van der Waals surface area contributed by atoms with E-state index in [1.165, 1.54) is 11.0 Å². The summed E-state index contributed by atoms with van der Waals surface area (Å²) in [4.78, 5) is 13.1. The lowest BCUT2D eigenvalue weighted by Gasteiger charge is -2.16. The fourth-order valence-corrected chi connectivity index (χ4v) is 2.09. The van der Waals surface area contributed by atoms with Gasteiger partial charge in [0.1, 0.15) is 6.10 Å². The average Bonchev–Trinajstić information content (AvgIpc) is 2.29. The van der Waals surface area contributed by atoms with Gasteiger partial charge in [0.15, 0.2) is 11.6 Å². The zero-order chi connectivity index (χ0) is 11.9. The van der Waals surface area contributed by atoms with Crippen molar-refractivity contribution in [2.45, 2.75) is 19.4 Å². The van der Waals surface area contributed by atoms with Gasteiger partial charge >= 0.3 is 0 Å². The van der Waals surface area contributed by atoms with Gasteiger partial charge in [0, 0.05) is 11.5 Å². The number of hydrogen-bond donors (Lipinski definition) is 0. The van der Waals surface area contributed by atoms with E-state index in [-0.39, 0.29) is 24.2 Å². The predicted molar refractivity (Wildman–Crippen MR) is 62.2 cm³/mol. The Balaban J connectivity index is 2.59. The molecule has 1 aliphatic rings. The standard InChI is InChI=1S/C11H11BrFNO2/c1-6-3-10(15)14(2)9-5-7(12)4-8(13)11(9)16-6/h4-6H,3H2,1-2H3. The van der Waals surface area contributed by atoms with Gasteiger partial charge in [0.05, 0.1) is 12.1 Å². The highest BCUT2D eigenvalue weighted by molar-refractivity contribution is 9.10. The summed E-state index contributed by atoms with van der Waals surface area (Å²) >= 11 is 3.20. The molecular formula is C11H11BrFNO2. The van der Waals surface area contributed by atoms with Gasteiger partial charge in [0.2, 0.25) is 5.91 Å². The third-order valence-electron chi connectivity index (χ3n) is 2.51. The molecule has 0 radical (unpaired) electrons. The van der Waals surface area contributed by atoms with Crippen molar-refractivity contribution in [3.63, 3.8) is 0 Å². The summed E-state index contributed by atoms with van der Waals surface area (Å²) in [6.45, 7) is 1.75. The molecular weight excluding hydrogens is 277 g/mol. The third-order valence-corrected chi connectivity index (χ3v) is 2.96. The fourth-order valence-electron chi connectivity index (χ4n) is 1.67. The number of carbonyl (C=O) groups excluding carboxylic acids is 1. The fraction of sp³-hybridized carbons (Fsp3) is 0.364. The van der Waals surface area contributed by atoms with Crippen LogP contribution in [0.25, 0.3) is 0 Å². The zero-order valence-electron chi connectivity index (χ0n) is 8.96. The molecule has 1 unspecified atom stereocenters. The summed E-state index contributed by atoms with van der Waals surface area (Å²) in [5, 5.41) is 0. The molecule has 16 heavy (non-hydrogen) atoms. The minimum atomic E-state index is -0.460. The summed E-state index contributed by atoms with van der Waals surface area (Å²) in [6, 6.07) is 3.00. The number of nitrogens with zero attached hydrogens (tertiary/aromatic N) is 1. The molecule has 3 nitrogen and oxygen atoms in total. The van der Waals surface area contributed by atoms with Crippen LogP contribution in [0, 0.1) is 5.82 Å². The highest BCUT2D eigenvalue weighted by Gasteiger charge is 2.26. The normalized spacial score (nSPS) is 20.1. The second-order valence-corrected chi connectivity index (χ2v) is 4.74. The third kappa shape index (κ3) is 1.91. The Kier molecular flexibility index (Phi) is 2.88. The largest absolute Gasteiger partial charge is 0.485 e. The van der Waals surface area contributed by atoms with E-state index in [2.05, 4.69) is 15.9 Å². The minimum Gasteiger partial charge on any atom is -0.485 e. The van der Waals surface area contributed by atoms with E-state index in [0.717, 1.165) is 0 Å². The SMILES string of the molecule is CC1CC(=O)N(C)c2cc(Br)cc(F)c2O1. The first-order valence-electron chi connectivity index (χ1n) is 4.91. The first kappa shape index (κ1) is 11.4. The Morgan fingerprint density at radius 1 is 1.56 bits per heavy atom. The number of halogens is 2. The van der Waals surface area contributed by atoms with Crippen LogP contribution in [-0.4, -0.2) is 19.1 Å². The van der Waals surface area contributed by atoms with Gasteiger partial charge in [-0.3, -0.25) is 4.79 Å². The Morgan fingerprint density at radius 3 is 2.94 bits per heavy atom. The topological polar surface area (TPSA) is 29.5 Å². The van der Waals surface area contributed by atoms with Crippen LogP contribution in [0.5, 0.6) is 5.75 Å². The Hall–Kier alpha value is -1.10. The molecule has 5 heteroatoms. The van der Waals surface area contributed by atoms with Crippen molar-refractivity contribution in [3.05, 3.63) is 22.4 Å². The maximum Gasteiger partial charge on any atom is 0.230 e. The number of benzene rings is 1. The molecule has 0 aromatic heterocycles. The van der Waals surface area contributed by atoms with Gasteiger partial charge in [-0.25, -0.2) is 4.39 Å². The van der Waals surface area contributed by atoms with Crippen LogP contribution in [0.4, 0.5) is 10.1 Å². The molecule has 1 aromatic carbocycles. The van der Waals surface area contributed by atoms with Crippen LogP contribution in [-0.2, 0) is 4.79 Å². The lowest BCUT2D eigenvalue weighted by Crippen LogP contribution is -2.27. The number of rotatable bonds is 0. The predicted octanol–water partition coefficient (Wildman–Crippen LogP) is 2.72. The Morgan fingerprint density at radius 2 is 2.25 bits per heavy atom. The second kappa shape index (κ2) is 4.05. The lowest BCUT2D eigenvalue weighted by molar-refractivity contribution is -0.119. The second-order valence-electron chi connectivity index (χ2n) is 3.82. The smallest absolute Gasteiger partial charge is 0.230 e. The molecule has 0 aliphatic carbocycles. The molecule has 0 spiro atoms. The van der Waals surface area contributed by atoms with Crippen LogP contribution in [0.2, 0.25) is 0 Å². The summed E-state index contributed by atoms with van der Waals surface area (Å²) in [5.74, 6) is -0.398. The average molecular weight is 288 g/mol. The number of ether oxygens (including phenoxy) is 1. The van der Waals surface area contributed by atoms with E-state index >= 15 is 0 Å². The Labute approximate surface area is 101 Å². The van der Waals surface area contributed by atoms with Crippen LogP contribution >= 0.6 is 15.9 Å². The quantitative estimate of drug-likeness (QED) is 0.734. The number of hydrogen-bond acceptors (Lipinski definition) is 2. The highest BCUT2D eigenvalue weighted by Crippen LogP contribution is 2.37. The van der Waals surface area contributed by atoms with Crippen molar-refractivity contribution in [1.29, 1.82) is 0 Å². The number of anilines is 1. The van der Waals surface area contributed by atoms with Crippen molar-refractivity contribution in [1.82, 2.24) is 0 Å². The number of fused-ring (bicyclic) bond motifs is 1. The van der Waals surface area contributed by atoms with E-state index in [1.54, 1.807) is 20.0 Å². The van der Waals surface area contributed by atoms with Crippen LogP contribution in [0.3, 0.4) is 0 Å². The van der Waals surface area contributed by atoms with E-state index in [1.807, 2.05) is 0 Å². The molecule has 0 fully saturated rings. The van der Waals surface area contributed by atoms with E-state index in [9.17, 15) is 9.18 Å². The molecule has 1 aliphatic heterocycles. The first-order chi connectivity index (χ1) is 7.49. The molecule has 1 amide bonds. The van der Waals surface area contributed by atoms with Gasteiger partial charge in [0.25, 0.3) is 0 Å². The Bertz CT molecular complexity index is 450. The van der Waals surface area contributed by atoms with Crippen LogP contribution in [0.15, 0.2) is 16.6 Å². The first-order valence-corrected chi connectivity index (χ1v) is 5.70. The van der Waals surface area contributed by atoms with E-state index in [4.69, 9.17) is 4.74 Å². The van der Waals surface area contributed by atoms with E-state index in [0.29, 0.717) is 10.2 Å². The monoisotopic (exact) mass is 287 g/mol. The van der Waals surface area contributed by atoms with Crippen molar-refractivity contribution in [3.8, 4) is 5.75 Å². The number of amides is 1. The molecule has 0 N–H and O–H groups in total. The van der Waals surface area contributed by atoms with Crippen LogP contribution in [0.1, 0.15) is 13.3 Å². The van der Waals surface area contributed by atoms with Crippen molar-refractivity contribution < 1.29 is 13.9 Å². The zero-order valence-corrected chi connectivity index (χ0v) is 10.5. The summed E-state index contributed by atoms with van der Waals surface area (Å²) in [7, 11) is 1.62. The van der Waals surface area contributed by atoms with Crippen LogP contribution < -0.4 is 9.64 Å². The summed E-state index contributed by atoms with van der Waals surface area (Å²) in [6.07, 6.45) is -0.0609. The molecule has 2 rings (SSSR count). The van der Waals surface area contributed by atoms with Crippen molar-refractivity contribution in [2.24, 2.45) is 0 Å². The van der Waals surface area contributed by atoms with Gasteiger partial charge in [-0.1, -0.05) is 15.9 Å². The summed E-state index contributed by atoms with van der Waals surface area (Å²) < 4.78 is 19.7. The number of carbonyl (C=O) groups is 1. The minimum absolute atomic E-state index is 0.0799. The molecule has 1 atom stereocenters. The van der Waals surface area contributed by atoms with Gasteiger partial charge in [-0.15, -0.1) is 0 Å². The maximum absolute atomic E-state index is 13.7. The van der Waals surface area contributed by atoms with Gasteiger partial charge < -0.3 is 9.64 Å². The van der Waals surface area contributed by atoms with Gasteiger partial charge in [-0.05, 0) is 19.1 Å². The molecule has 86 valence electrons. The molecule has 0 bridgehead atoms. The molecule has 1 heterocycles. The maximum atomic E-state index is 13.7. The molecule has 1 aromatic rings. The van der Waals surface area contributed by atoms with Gasteiger partial charge in [-0.2, -0.15) is 0 Å². The highest BCUT2D eigenvalue weighted by atomic mass is 79.9. The molecule has 0 saturated carbocycles.